The monoisotopic (exact) mass is 336 g/mol. The van der Waals surface area contributed by atoms with Crippen LogP contribution in [-0.4, -0.2) is 50.8 Å². The number of aromatic nitrogens is 4. The molecule has 25 heavy (non-hydrogen) atoms. The highest BCUT2D eigenvalue weighted by molar-refractivity contribution is 5.87. The van der Waals surface area contributed by atoms with Crippen LogP contribution < -0.4 is 5.32 Å². The Labute approximate surface area is 147 Å². The topological polar surface area (TPSA) is 58.9 Å². The lowest BCUT2D eigenvalue weighted by molar-refractivity contribution is 0.294. The van der Waals surface area contributed by atoms with Crippen LogP contribution in [0.3, 0.4) is 0 Å². The van der Waals surface area contributed by atoms with E-state index in [0.29, 0.717) is 5.92 Å². The summed E-state index contributed by atoms with van der Waals surface area (Å²) in [5, 5.41) is 8.96. The van der Waals surface area contributed by atoms with Crippen molar-refractivity contribution >= 4 is 16.9 Å². The van der Waals surface area contributed by atoms with Crippen LogP contribution >= 0.6 is 0 Å². The molecular formula is C19H24N6. The van der Waals surface area contributed by atoms with Crippen molar-refractivity contribution in [2.75, 3.05) is 31.5 Å². The van der Waals surface area contributed by atoms with Crippen LogP contribution in [0, 0.1) is 5.92 Å². The highest BCUT2D eigenvalue weighted by Gasteiger charge is 2.16. The molecule has 130 valence electrons. The molecule has 0 spiro atoms. The number of rotatable bonds is 6. The van der Waals surface area contributed by atoms with Crippen LogP contribution in [0.25, 0.3) is 16.7 Å². The maximum atomic E-state index is 4.50. The van der Waals surface area contributed by atoms with Crippen molar-refractivity contribution in [3.05, 3.63) is 42.9 Å². The highest BCUT2D eigenvalue weighted by Crippen LogP contribution is 2.21. The molecule has 0 radical (unpaired) electrons. The van der Waals surface area contributed by atoms with Gasteiger partial charge >= 0.3 is 0 Å². The van der Waals surface area contributed by atoms with Gasteiger partial charge in [0.1, 0.15) is 12.1 Å². The van der Waals surface area contributed by atoms with Gasteiger partial charge in [0.2, 0.25) is 0 Å². The molecule has 1 atom stereocenters. The predicted molar refractivity (Wildman–Crippen MR) is 100.0 cm³/mol. The predicted octanol–water partition coefficient (Wildman–Crippen LogP) is 2.96. The van der Waals surface area contributed by atoms with Crippen LogP contribution in [-0.2, 0) is 0 Å². The molecule has 1 aliphatic rings. The van der Waals surface area contributed by atoms with E-state index in [4.69, 9.17) is 0 Å². The number of para-hydroxylation sites is 1. The summed E-state index contributed by atoms with van der Waals surface area (Å²) in [6, 6.07) is 10.1. The minimum Gasteiger partial charge on any atom is -0.369 e. The SMILES string of the molecule is CC(CNc1ncnc2c1cnn2-c1ccccc1)CN1CCCC1. The smallest absolute Gasteiger partial charge is 0.168 e. The molecule has 4 rings (SSSR count). The van der Waals surface area contributed by atoms with E-state index < -0.39 is 0 Å². The van der Waals surface area contributed by atoms with Crippen molar-refractivity contribution in [2.45, 2.75) is 19.8 Å². The summed E-state index contributed by atoms with van der Waals surface area (Å²) in [4.78, 5) is 11.4. The van der Waals surface area contributed by atoms with Gasteiger partial charge in [0.25, 0.3) is 0 Å². The maximum absolute atomic E-state index is 4.50. The van der Waals surface area contributed by atoms with E-state index in [1.165, 1.54) is 25.9 Å². The van der Waals surface area contributed by atoms with Gasteiger partial charge in [0.15, 0.2) is 5.65 Å². The van der Waals surface area contributed by atoms with Crippen molar-refractivity contribution in [2.24, 2.45) is 5.92 Å². The van der Waals surface area contributed by atoms with Crippen LogP contribution in [0.1, 0.15) is 19.8 Å². The number of hydrogen-bond acceptors (Lipinski definition) is 5. The van der Waals surface area contributed by atoms with Crippen LogP contribution in [0.4, 0.5) is 5.82 Å². The number of nitrogens with one attached hydrogen (secondary N) is 1. The van der Waals surface area contributed by atoms with Gasteiger partial charge in [-0.25, -0.2) is 14.6 Å². The quantitative estimate of drug-likeness (QED) is 0.750. The molecule has 0 bridgehead atoms. The number of hydrogen-bond donors (Lipinski definition) is 1. The van der Waals surface area contributed by atoms with Gasteiger partial charge in [-0.05, 0) is 44.0 Å². The van der Waals surface area contributed by atoms with Gasteiger partial charge in [-0.1, -0.05) is 25.1 Å². The molecule has 3 aromatic rings. The van der Waals surface area contributed by atoms with Gasteiger partial charge in [-0.15, -0.1) is 0 Å². The molecule has 3 heterocycles. The number of nitrogens with zero attached hydrogens (tertiary/aromatic N) is 5. The fourth-order valence-corrected chi connectivity index (χ4v) is 3.48. The van der Waals surface area contributed by atoms with E-state index in [9.17, 15) is 0 Å². The van der Waals surface area contributed by atoms with E-state index >= 15 is 0 Å². The molecule has 6 heteroatoms. The molecule has 1 N–H and O–H groups in total. The molecule has 1 saturated heterocycles. The third kappa shape index (κ3) is 3.49. The molecule has 1 aliphatic heterocycles. The number of anilines is 1. The zero-order chi connectivity index (χ0) is 17.1. The van der Waals surface area contributed by atoms with E-state index in [1.807, 2.05) is 41.2 Å². The van der Waals surface area contributed by atoms with E-state index in [-0.39, 0.29) is 0 Å². The first-order valence-corrected chi connectivity index (χ1v) is 9.01. The van der Waals surface area contributed by atoms with E-state index in [1.54, 1.807) is 6.33 Å². The van der Waals surface area contributed by atoms with Gasteiger partial charge in [0, 0.05) is 13.1 Å². The Bertz CT molecular complexity index is 822. The molecule has 1 unspecified atom stereocenters. The van der Waals surface area contributed by atoms with E-state index in [0.717, 1.165) is 35.6 Å². The average molecular weight is 336 g/mol. The summed E-state index contributed by atoms with van der Waals surface area (Å²) in [6.45, 7) is 6.82. The molecular weight excluding hydrogens is 312 g/mol. The zero-order valence-electron chi connectivity index (χ0n) is 14.6. The van der Waals surface area contributed by atoms with Crippen molar-refractivity contribution in [1.29, 1.82) is 0 Å². The first-order chi connectivity index (χ1) is 12.3. The molecule has 1 aromatic carbocycles. The minimum atomic E-state index is 0.576. The number of likely N-dealkylation sites (tertiary alicyclic amines) is 1. The van der Waals surface area contributed by atoms with E-state index in [2.05, 4.69) is 32.2 Å². The fourth-order valence-electron chi connectivity index (χ4n) is 3.48. The molecule has 0 saturated carbocycles. The van der Waals surface area contributed by atoms with Crippen molar-refractivity contribution in [3.8, 4) is 5.69 Å². The second-order valence-corrected chi connectivity index (χ2v) is 6.85. The van der Waals surface area contributed by atoms with Crippen molar-refractivity contribution in [3.63, 3.8) is 0 Å². The first-order valence-electron chi connectivity index (χ1n) is 9.01. The summed E-state index contributed by atoms with van der Waals surface area (Å²) in [7, 11) is 0. The van der Waals surface area contributed by atoms with Crippen LogP contribution in [0.2, 0.25) is 0 Å². The summed E-state index contributed by atoms with van der Waals surface area (Å²) in [6.07, 6.45) is 6.13. The second-order valence-electron chi connectivity index (χ2n) is 6.85. The summed E-state index contributed by atoms with van der Waals surface area (Å²) in [5.41, 5.74) is 1.83. The lowest BCUT2D eigenvalue weighted by Gasteiger charge is -2.20. The van der Waals surface area contributed by atoms with Gasteiger partial charge in [-0.3, -0.25) is 0 Å². The molecule has 0 amide bonds. The Hall–Kier alpha value is -2.47. The lowest BCUT2D eigenvalue weighted by Crippen LogP contribution is -2.29. The largest absolute Gasteiger partial charge is 0.369 e. The third-order valence-corrected chi connectivity index (χ3v) is 4.75. The highest BCUT2D eigenvalue weighted by atomic mass is 15.3. The molecule has 0 aliphatic carbocycles. The normalized spacial score (nSPS) is 16.4. The Morgan fingerprint density at radius 3 is 2.72 bits per heavy atom. The Kier molecular flexibility index (Phi) is 4.61. The summed E-state index contributed by atoms with van der Waals surface area (Å²) in [5.74, 6) is 1.44. The Balaban J connectivity index is 1.49. The van der Waals surface area contributed by atoms with Gasteiger partial charge in [-0.2, -0.15) is 5.10 Å². The van der Waals surface area contributed by atoms with Crippen molar-refractivity contribution < 1.29 is 0 Å². The molecule has 2 aromatic heterocycles. The van der Waals surface area contributed by atoms with Crippen molar-refractivity contribution in [1.82, 2.24) is 24.6 Å². The zero-order valence-corrected chi connectivity index (χ0v) is 14.6. The molecule has 6 nitrogen and oxygen atoms in total. The maximum Gasteiger partial charge on any atom is 0.168 e. The summed E-state index contributed by atoms with van der Waals surface area (Å²) >= 11 is 0. The summed E-state index contributed by atoms with van der Waals surface area (Å²) < 4.78 is 1.86. The van der Waals surface area contributed by atoms with Gasteiger partial charge < -0.3 is 10.2 Å². The molecule has 1 fully saturated rings. The fraction of sp³-hybridized carbons (Fsp3) is 0.421. The lowest BCUT2D eigenvalue weighted by atomic mass is 10.1. The second kappa shape index (κ2) is 7.19. The standard InChI is InChI=1S/C19H24N6/c1-15(13-24-9-5-6-10-24)11-20-18-17-12-23-25(19(17)22-14-21-18)16-7-3-2-4-8-16/h2-4,7-8,12,14-15H,5-6,9-11,13H2,1H3,(H,20,21,22). The number of benzene rings is 1. The Morgan fingerprint density at radius 1 is 1.12 bits per heavy atom. The Morgan fingerprint density at radius 2 is 1.92 bits per heavy atom. The van der Waals surface area contributed by atoms with Gasteiger partial charge in [0.05, 0.1) is 17.3 Å². The third-order valence-electron chi connectivity index (χ3n) is 4.75. The number of fused-ring (bicyclic) bond motifs is 1. The average Bonchev–Trinajstić information content (AvgIpc) is 3.30. The van der Waals surface area contributed by atoms with Crippen LogP contribution in [0.15, 0.2) is 42.9 Å². The minimum absolute atomic E-state index is 0.576. The first kappa shape index (κ1) is 16.0. The van der Waals surface area contributed by atoms with Crippen LogP contribution in [0.5, 0.6) is 0 Å².